The Morgan fingerprint density at radius 3 is 0.832 bits per heavy atom. The number of hydrogen-bond donors (Lipinski definition) is 4. The standard InChI is InChI=1S/C83H144O16P2/c1-4-7-10-13-16-19-22-25-28-31-32-33-34-35-36-37-38-39-40-41-42-43-44-47-49-51-54-57-60-63-66-69-81(86)93-72-78(84)73-95-100(89,90)96-74-79(85)75-97-101(91,92)98-77-80(99-83(88)71-68-65-62-59-56-53-50-46-30-27-24-21-18-15-12-9-6-3)76-94-82(87)70-67-64-61-58-55-52-48-45-29-26-23-20-17-14-11-8-5-2/h8-9,11-12,16-21,25-30,32-33,35-36,78-80,84-85H,4-7,10,13-15,22-24,31,34,37-77H2,1-3H3,(H,89,90)(H,91,92)/b11-8-,12-9-,19-16-,20-17-,21-18-,28-25-,29-26-,30-27-,33-32-,36-35-. The Hall–Kier alpha value is -4.05. The number of hydrogen-bond acceptors (Lipinski definition) is 14. The number of ether oxygens (including phenoxy) is 3. The van der Waals surface area contributed by atoms with Gasteiger partial charge in [-0.15, -0.1) is 0 Å². The second-order valence-corrected chi connectivity index (χ2v) is 29.4. The van der Waals surface area contributed by atoms with Crippen LogP contribution in [0.1, 0.15) is 329 Å². The summed E-state index contributed by atoms with van der Waals surface area (Å²) in [5.74, 6) is -1.59. The second kappa shape index (κ2) is 75.6. The van der Waals surface area contributed by atoms with E-state index < -0.39 is 91.5 Å². The molecule has 0 aromatic carbocycles. The molecule has 0 saturated carbocycles. The summed E-state index contributed by atoms with van der Waals surface area (Å²) >= 11 is 0. The van der Waals surface area contributed by atoms with Crippen molar-refractivity contribution in [1.82, 2.24) is 0 Å². The van der Waals surface area contributed by atoms with Gasteiger partial charge >= 0.3 is 33.6 Å². The lowest BCUT2D eigenvalue weighted by molar-refractivity contribution is -0.161. The fourth-order valence-electron chi connectivity index (χ4n) is 10.6. The lowest BCUT2D eigenvalue weighted by Crippen LogP contribution is -2.30. The molecule has 18 heteroatoms. The van der Waals surface area contributed by atoms with E-state index >= 15 is 0 Å². The minimum Gasteiger partial charge on any atom is -0.463 e. The van der Waals surface area contributed by atoms with Crippen molar-refractivity contribution in [1.29, 1.82) is 0 Å². The van der Waals surface area contributed by atoms with E-state index in [2.05, 4.69) is 142 Å². The minimum absolute atomic E-state index is 0.0894. The first-order valence-electron chi connectivity index (χ1n) is 39.8. The normalized spacial score (nSPS) is 14.6. The van der Waals surface area contributed by atoms with Crippen molar-refractivity contribution in [3.8, 4) is 0 Å². The van der Waals surface area contributed by atoms with E-state index in [-0.39, 0.29) is 19.3 Å². The first kappa shape index (κ1) is 97.0. The molecule has 0 saturated heterocycles. The van der Waals surface area contributed by atoms with Gasteiger partial charge in [-0.3, -0.25) is 32.5 Å². The first-order valence-corrected chi connectivity index (χ1v) is 42.8. The van der Waals surface area contributed by atoms with Crippen molar-refractivity contribution in [2.75, 3.05) is 39.6 Å². The van der Waals surface area contributed by atoms with Gasteiger partial charge in [0.2, 0.25) is 0 Å². The Labute approximate surface area is 614 Å². The molecule has 0 aromatic rings. The molecule has 5 atom stereocenters. The maximum atomic E-state index is 13.0. The molecule has 0 rings (SSSR count). The van der Waals surface area contributed by atoms with E-state index in [1.54, 1.807) is 0 Å². The number of esters is 3. The molecule has 101 heavy (non-hydrogen) atoms. The van der Waals surface area contributed by atoms with Gasteiger partial charge in [0, 0.05) is 19.3 Å². The Morgan fingerprint density at radius 1 is 0.287 bits per heavy atom. The Kier molecular flexibility index (Phi) is 72.6. The van der Waals surface area contributed by atoms with Gasteiger partial charge in [0.25, 0.3) is 0 Å². The quantitative estimate of drug-likeness (QED) is 0.0146. The predicted molar refractivity (Wildman–Crippen MR) is 417 cm³/mol. The van der Waals surface area contributed by atoms with Crippen molar-refractivity contribution in [2.24, 2.45) is 0 Å². The molecule has 0 amide bonds. The lowest BCUT2D eigenvalue weighted by atomic mass is 10.0. The van der Waals surface area contributed by atoms with Crippen LogP contribution in [0.3, 0.4) is 0 Å². The van der Waals surface area contributed by atoms with Crippen molar-refractivity contribution in [3.05, 3.63) is 122 Å². The van der Waals surface area contributed by atoms with E-state index in [9.17, 15) is 43.5 Å². The number of rotatable bonds is 75. The Balaban J connectivity index is 4.48. The molecule has 0 spiro atoms. The second-order valence-electron chi connectivity index (χ2n) is 26.5. The molecule has 4 N–H and O–H groups in total. The third-order valence-corrected chi connectivity index (χ3v) is 18.6. The van der Waals surface area contributed by atoms with Crippen molar-refractivity contribution in [3.63, 3.8) is 0 Å². The lowest BCUT2D eigenvalue weighted by Gasteiger charge is -2.21. The molecule has 0 aliphatic rings. The number of aliphatic hydroxyl groups is 2. The van der Waals surface area contributed by atoms with Gasteiger partial charge in [0.1, 0.15) is 25.4 Å². The van der Waals surface area contributed by atoms with Crippen LogP contribution in [-0.4, -0.2) is 95.9 Å². The minimum atomic E-state index is -4.94. The summed E-state index contributed by atoms with van der Waals surface area (Å²) in [5, 5.41) is 20.6. The summed E-state index contributed by atoms with van der Waals surface area (Å²) < 4.78 is 61.1. The topological polar surface area (TPSA) is 231 Å². The molecule has 0 aliphatic heterocycles. The van der Waals surface area contributed by atoms with Crippen LogP contribution in [0.5, 0.6) is 0 Å². The van der Waals surface area contributed by atoms with Crippen molar-refractivity contribution in [2.45, 2.75) is 347 Å². The fourth-order valence-corrected chi connectivity index (χ4v) is 12.2. The zero-order valence-corrected chi connectivity index (χ0v) is 65.3. The molecular weight excluding hydrogens is 1310 g/mol. The highest BCUT2D eigenvalue weighted by Crippen LogP contribution is 2.45. The molecule has 582 valence electrons. The Morgan fingerprint density at radius 2 is 0.525 bits per heavy atom. The molecule has 0 fully saturated rings. The third kappa shape index (κ3) is 76.9. The highest BCUT2D eigenvalue weighted by Gasteiger charge is 2.29. The van der Waals surface area contributed by atoms with Gasteiger partial charge < -0.3 is 34.2 Å². The van der Waals surface area contributed by atoms with Crippen molar-refractivity contribution < 1.29 is 75.8 Å². The summed E-state index contributed by atoms with van der Waals surface area (Å²) in [6.07, 6.45) is 89.7. The van der Waals surface area contributed by atoms with Gasteiger partial charge in [-0.2, -0.15) is 0 Å². The third-order valence-electron chi connectivity index (χ3n) is 16.7. The molecule has 0 bridgehead atoms. The van der Waals surface area contributed by atoms with Crippen LogP contribution in [0.4, 0.5) is 0 Å². The first-order chi connectivity index (χ1) is 49.2. The van der Waals surface area contributed by atoms with Crippen LogP contribution in [0.25, 0.3) is 0 Å². The molecule has 0 aromatic heterocycles. The zero-order valence-electron chi connectivity index (χ0n) is 63.5. The summed E-state index contributed by atoms with van der Waals surface area (Å²) in [4.78, 5) is 58.6. The molecule has 0 radical (unpaired) electrons. The summed E-state index contributed by atoms with van der Waals surface area (Å²) in [6.45, 7) is 2.43. The van der Waals surface area contributed by atoms with Gasteiger partial charge in [-0.25, -0.2) is 9.13 Å². The summed E-state index contributed by atoms with van der Waals surface area (Å²) in [6, 6.07) is 0. The Bertz CT molecular complexity index is 2320. The smallest absolute Gasteiger partial charge is 0.463 e. The molecule has 0 heterocycles. The number of phosphoric ester groups is 2. The fraction of sp³-hybridized carbons (Fsp3) is 0.723. The average Bonchev–Trinajstić information content (AvgIpc) is 1.16. The largest absolute Gasteiger partial charge is 0.472 e. The van der Waals surface area contributed by atoms with Gasteiger partial charge in [-0.05, 0) is 128 Å². The number of carbonyl (C=O) groups excluding carboxylic acids is 3. The predicted octanol–water partition coefficient (Wildman–Crippen LogP) is 23.3. The number of allylic oxidation sites excluding steroid dienone is 20. The van der Waals surface area contributed by atoms with Crippen LogP contribution < -0.4 is 0 Å². The molecule has 0 aliphatic carbocycles. The summed E-state index contributed by atoms with van der Waals surface area (Å²) in [7, 11) is -9.79. The highest BCUT2D eigenvalue weighted by molar-refractivity contribution is 7.47. The van der Waals surface area contributed by atoms with Gasteiger partial charge in [0.05, 0.1) is 26.4 Å². The molecular formula is C83H144O16P2. The molecule has 16 nitrogen and oxygen atoms in total. The maximum absolute atomic E-state index is 13.0. The number of carbonyl (C=O) groups is 3. The average molecular weight is 1460 g/mol. The van der Waals surface area contributed by atoms with Crippen LogP contribution in [-0.2, 0) is 55.8 Å². The maximum Gasteiger partial charge on any atom is 0.472 e. The van der Waals surface area contributed by atoms with Crippen LogP contribution in [0.15, 0.2) is 122 Å². The van der Waals surface area contributed by atoms with Gasteiger partial charge in [0.15, 0.2) is 6.10 Å². The van der Waals surface area contributed by atoms with Crippen LogP contribution in [0, 0.1) is 0 Å². The number of unbranched alkanes of at least 4 members (excludes halogenated alkanes) is 32. The van der Waals surface area contributed by atoms with E-state index in [0.717, 1.165) is 167 Å². The van der Waals surface area contributed by atoms with Gasteiger partial charge in [-0.1, -0.05) is 303 Å². The van der Waals surface area contributed by atoms with Crippen LogP contribution >= 0.6 is 15.6 Å². The number of phosphoric acid groups is 2. The zero-order chi connectivity index (χ0) is 73.7. The van der Waals surface area contributed by atoms with Crippen LogP contribution in [0.2, 0.25) is 0 Å². The van der Waals surface area contributed by atoms with Crippen molar-refractivity contribution >= 4 is 33.6 Å². The SMILES string of the molecule is CC/C=C\C/C=C\C/C=C\CCCCCCCCCC(=O)OCC(COP(=O)(O)OCC(O)COP(=O)(O)OCC(O)COC(=O)CCCCCCCCCCCCCCCCC/C=C\C/C=C\C/C=C\C/C=C\CCCCC)OC(=O)CCCCCCCCC/C=C\C/C=C\C/C=C\CC. The molecule has 5 unspecified atom stereocenters. The highest BCUT2D eigenvalue weighted by atomic mass is 31.2. The van der Waals surface area contributed by atoms with E-state index in [4.69, 9.17) is 32.3 Å². The van der Waals surface area contributed by atoms with E-state index in [1.807, 2.05) is 0 Å². The monoisotopic (exact) mass is 1460 g/mol. The number of aliphatic hydroxyl groups excluding tert-OH is 2. The van der Waals surface area contributed by atoms with E-state index in [0.29, 0.717) is 19.3 Å². The van der Waals surface area contributed by atoms with E-state index in [1.165, 1.54) is 103 Å². The summed E-state index contributed by atoms with van der Waals surface area (Å²) in [5.41, 5.74) is 0.